The number of aryl methyl sites for hydroxylation is 1. The molecule has 0 saturated heterocycles. The summed E-state index contributed by atoms with van der Waals surface area (Å²) in [6.07, 6.45) is 8.78. The molecule has 0 spiro atoms. The normalized spacial score (nSPS) is 20.3. The second-order valence-corrected chi connectivity index (χ2v) is 10.1. The molecule has 1 fully saturated rings. The zero-order valence-electron chi connectivity index (χ0n) is 18.7. The summed E-state index contributed by atoms with van der Waals surface area (Å²) in [5, 5.41) is 0. The van der Waals surface area contributed by atoms with Gasteiger partial charge in [0.05, 0.1) is 0 Å². The largest absolute Gasteiger partial charge is 0.299 e. The molecule has 0 amide bonds. The lowest BCUT2D eigenvalue weighted by molar-refractivity contribution is -0.131. The molecule has 0 aliphatic heterocycles. The third kappa shape index (κ3) is 3.66. The zero-order chi connectivity index (χ0) is 21.7. The number of ketones is 2. The van der Waals surface area contributed by atoms with Gasteiger partial charge in [-0.2, -0.15) is 0 Å². The lowest BCUT2D eigenvalue weighted by atomic mass is 9.67. The standard InChI is InChI=1S/C27H31NO2/c1-17-13-21-22(27(4,5)12-11-26(21,2)3)15-19(17)14-20-10-9-18(16-28-20)25-23(29)7-6-8-24(25)30/h9-13,15-16,25H,6-8,14H2,1-5H3. The summed E-state index contributed by atoms with van der Waals surface area (Å²) in [4.78, 5) is 29.1. The van der Waals surface area contributed by atoms with Crippen molar-refractivity contribution in [3.8, 4) is 0 Å². The van der Waals surface area contributed by atoms with Crippen molar-refractivity contribution in [1.29, 1.82) is 0 Å². The van der Waals surface area contributed by atoms with Crippen molar-refractivity contribution in [3.63, 3.8) is 0 Å². The van der Waals surface area contributed by atoms with Gasteiger partial charge in [0.15, 0.2) is 0 Å². The minimum atomic E-state index is -0.611. The van der Waals surface area contributed by atoms with Crippen molar-refractivity contribution in [2.24, 2.45) is 0 Å². The van der Waals surface area contributed by atoms with Crippen LogP contribution in [0, 0.1) is 6.92 Å². The molecule has 0 unspecified atom stereocenters. The lowest BCUT2D eigenvalue weighted by Gasteiger charge is -2.37. The molecular formula is C27H31NO2. The number of aromatic nitrogens is 1. The van der Waals surface area contributed by atoms with E-state index in [1.165, 1.54) is 22.3 Å². The summed E-state index contributed by atoms with van der Waals surface area (Å²) in [7, 11) is 0. The number of fused-ring (bicyclic) bond motifs is 1. The van der Waals surface area contributed by atoms with E-state index in [-0.39, 0.29) is 22.4 Å². The minimum Gasteiger partial charge on any atom is -0.299 e. The highest BCUT2D eigenvalue weighted by Crippen LogP contribution is 2.42. The van der Waals surface area contributed by atoms with Gasteiger partial charge in [0.2, 0.25) is 0 Å². The van der Waals surface area contributed by atoms with Crippen LogP contribution in [0.25, 0.3) is 0 Å². The van der Waals surface area contributed by atoms with E-state index in [2.05, 4.69) is 63.9 Å². The van der Waals surface area contributed by atoms with Crippen LogP contribution >= 0.6 is 0 Å². The molecule has 2 aliphatic rings. The summed E-state index contributed by atoms with van der Waals surface area (Å²) >= 11 is 0. The van der Waals surface area contributed by atoms with E-state index >= 15 is 0 Å². The van der Waals surface area contributed by atoms with Crippen molar-refractivity contribution >= 4 is 11.6 Å². The highest BCUT2D eigenvalue weighted by Gasteiger charge is 2.34. The van der Waals surface area contributed by atoms with Crippen LogP contribution in [0.3, 0.4) is 0 Å². The second-order valence-electron chi connectivity index (χ2n) is 10.1. The molecular weight excluding hydrogens is 370 g/mol. The molecule has 2 aromatic rings. The minimum absolute atomic E-state index is 0.00624. The molecule has 1 aromatic heterocycles. The summed E-state index contributed by atoms with van der Waals surface area (Å²) in [6, 6.07) is 8.57. The first kappa shape index (κ1) is 20.7. The Morgan fingerprint density at radius 1 is 0.933 bits per heavy atom. The average Bonchev–Trinajstić information content (AvgIpc) is 2.68. The number of carbonyl (C=O) groups excluding carboxylic acids is 2. The molecule has 0 N–H and O–H groups in total. The van der Waals surface area contributed by atoms with Crippen LogP contribution in [-0.2, 0) is 26.8 Å². The summed E-state index contributed by atoms with van der Waals surface area (Å²) in [5.41, 5.74) is 7.07. The number of rotatable bonds is 3. The Balaban J connectivity index is 1.63. The van der Waals surface area contributed by atoms with Gasteiger partial charge in [0, 0.05) is 42.0 Å². The maximum atomic E-state index is 12.2. The Labute approximate surface area is 179 Å². The quantitative estimate of drug-likeness (QED) is 0.503. The number of Topliss-reactive ketones (excluding diaryl/α,β-unsaturated/α-hetero) is 2. The van der Waals surface area contributed by atoms with Crippen LogP contribution in [-0.4, -0.2) is 16.6 Å². The van der Waals surface area contributed by atoms with Crippen molar-refractivity contribution in [2.75, 3.05) is 0 Å². The van der Waals surface area contributed by atoms with E-state index in [0.717, 1.165) is 17.7 Å². The molecule has 1 heterocycles. The number of hydrogen-bond acceptors (Lipinski definition) is 3. The lowest BCUT2D eigenvalue weighted by Crippen LogP contribution is -2.29. The van der Waals surface area contributed by atoms with Gasteiger partial charge in [-0.15, -0.1) is 0 Å². The van der Waals surface area contributed by atoms with Crippen molar-refractivity contribution in [1.82, 2.24) is 4.98 Å². The SMILES string of the molecule is Cc1cc2c(cc1Cc1ccc(C3C(=O)CCCC3=O)cn1)C(C)(C)C=CC2(C)C. The fourth-order valence-electron chi connectivity index (χ4n) is 4.79. The molecule has 4 rings (SSSR count). The number of pyridine rings is 1. The molecule has 3 heteroatoms. The van der Waals surface area contributed by atoms with E-state index in [4.69, 9.17) is 0 Å². The van der Waals surface area contributed by atoms with Crippen LogP contribution < -0.4 is 0 Å². The molecule has 0 atom stereocenters. The summed E-state index contributed by atoms with van der Waals surface area (Å²) in [5.74, 6) is -0.547. The molecule has 0 bridgehead atoms. The molecule has 30 heavy (non-hydrogen) atoms. The predicted octanol–water partition coefficient (Wildman–Crippen LogP) is 5.51. The van der Waals surface area contributed by atoms with Crippen LogP contribution in [0.15, 0.2) is 42.6 Å². The predicted molar refractivity (Wildman–Crippen MR) is 120 cm³/mol. The molecule has 1 aromatic carbocycles. The van der Waals surface area contributed by atoms with Gasteiger partial charge < -0.3 is 0 Å². The number of hydrogen-bond donors (Lipinski definition) is 0. The monoisotopic (exact) mass is 401 g/mol. The molecule has 0 radical (unpaired) electrons. The Kier molecular flexibility index (Phi) is 5.04. The highest BCUT2D eigenvalue weighted by molar-refractivity contribution is 6.09. The van der Waals surface area contributed by atoms with Gasteiger partial charge in [0.1, 0.15) is 17.5 Å². The second kappa shape index (κ2) is 7.30. The van der Waals surface area contributed by atoms with E-state index < -0.39 is 5.92 Å². The maximum Gasteiger partial charge on any atom is 0.147 e. The number of carbonyl (C=O) groups is 2. The van der Waals surface area contributed by atoms with Crippen molar-refractivity contribution < 1.29 is 9.59 Å². The maximum absolute atomic E-state index is 12.2. The number of nitrogens with zero attached hydrogens (tertiary/aromatic N) is 1. The fourth-order valence-corrected chi connectivity index (χ4v) is 4.79. The molecule has 1 saturated carbocycles. The average molecular weight is 402 g/mol. The third-order valence-corrected chi connectivity index (χ3v) is 6.82. The smallest absolute Gasteiger partial charge is 0.147 e. The van der Waals surface area contributed by atoms with Gasteiger partial charge >= 0.3 is 0 Å². The Morgan fingerprint density at radius 2 is 1.53 bits per heavy atom. The van der Waals surface area contributed by atoms with Crippen LogP contribution in [0.5, 0.6) is 0 Å². The van der Waals surface area contributed by atoms with E-state index in [0.29, 0.717) is 19.3 Å². The highest BCUT2D eigenvalue weighted by atomic mass is 16.2. The van der Waals surface area contributed by atoms with Crippen LogP contribution in [0.2, 0.25) is 0 Å². The van der Waals surface area contributed by atoms with E-state index in [1.807, 2.05) is 12.1 Å². The molecule has 2 aliphatic carbocycles. The Bertz CT molecular complexity index is 1030. The fraction of sp³-hybridized carbons (Fsp3) is 0.444. The van der Waals surface area contributed by atoms with Crippen molar-refractivity contribution in [3.05, 3.63) is 76.1 Å². The van der Waals surface area contributed by atoms with Gasteiger partial charge in [-0.1, -0.05) is 58.0 Å². The topological polar surface area (TPSA) is 47.0 Å². The summed E-state index contributed by atoms with van der Waals surface area (Å²) in [6.45, 7) is 11.2. The zero-order valence-corrected chi connectivity index (χ0v) is 18.7. The first-order valence-corrected chi connectivity index (χ1v) is 10.9. The van der Waals surface area contributed by atoms with Gasteiger partial charge in [-0.05, 0) is 47.2 Å². The Hall–Kier alpha value is -2.55. The molecule has 3 nitrogen and oxygen atoms in total. The van der Waals surface area contributed by atoms with Crippen molar-refractivity contribution in [2.45, 2.75) is 77.0 Å². The van der Waals surface area contributed by atoms with E-state index in [9.17, 15) is 9.59 Å². The number of benzene rings is 1. The van der Waals surface area contributed by atoms with Gasteiger partial charge in [-0.25, -0.2) is 0 Å². The van der Waals surface area contributed by atoms with Gasteiger partial charge in [0.25, 0.3) is 0 Å². The van der Waals surface area contributed by atoms with E-state index in [1.54, 1.807) is 6.20 Å². The van der Waals surface area contributed by atoms with Crippen LogP contribution in [0.1, 0.15) is 86.4 Å². The Morgan fingerprint density at radius 3 is 2.10 bits per heavy atom. The first-order chi connectivity index (χ1) is 14.1. The van der Waals surface area contributed by atoms with Crippen LogP contribution in [0.4, 0.5) is 0 Å². The molecule has 156 valence electrons. The number of allylic oxidation sites excluding steroid dienone is 2. The van der Waals surface area contributed by atoms with Gasteiger partial charge in [-0.3, -0.25) is 14.6 Å². The summed E-state index contributed by atoms with van der Waals surface area (Å²) < 4.78 is 0. The third-order valence-electron chi connectivity index (χ3n) is 6.82. The first-order valence-electron chi connectivity index (χ1n) is 10.9.